The number of ether oxygens (including phenoxy) is 1. The highest BCUT2D eigenvalue weighted by Crippen LogP contribution is 2.19. The summed E-state index contributed by atoms with van der Waals surface area (Å²) in [4.78, 5) is 2.18. The standard InChI is InChI=1S/C10H22N2O2/c1-12(5-6-14-2)7-10(8-13)11-9-3-4-9/h9-11,13H,3-8H2,1-2H3. The molecule has 0 bridgehead atoms. The topological polar surface area (TPSA) is 44.7 Å². The van der Waals surface area contributed by atoms with Gasteiger partial charge in [-0.25, -0.2) is 0 Å². The summed E-state index contributed by atoms with van der Waals surface area (Å²) in [7, 11) is 3.76. The van der Waals surface area contributed by atoms with Crippen molar-refractivity contribution in [2.24, 2.45) is 0 Å². The van der Waals surface area contributed by atoms with E-state index in [-0.39, 0.29) is 12.6 Å². The molecule has 1 atom stereocenters. The lowest BCUT2D eigenvalue weighted by Gasteiger charge is -2.23. The van der Waals surface area contributed by atoms with E-state index in [1.165, 1.54) is 12.8 Å². The van der Waals surface area contributed by atoms with E-state index in [0.717, 1.165) is 19.7 Å². The molecule has 4 heteroatoms. The van der Waals surface area contributed by atoms with Crippen molar-refractivity contribution in [2.75, 3.05) is 40.5 Å². The lowest BCUT2D eigenvalue weighted by Crippen LogP contribution is -2.43. The fourth-order valence-electron chi connectivity index (χ4n) is 1.46. The Balaban J connectivity index is 2.10. The predicted octanol–water partition coefficient (Wildman–Crippen LogP) is -0.322. The monoisotopic (exact) mass is 202 g/mol. The Hall–Kier alpha value is -0.160. The van der Waals surface area contributed by atoms with Crippen LogP contribution in [0.3, 0.4) is 0 Å². The summed E-state index contributed by atoms with van der Waals surface area (Å²) in [5, 5.41) is 12.6. The van der Waals surface area contributed by atoms with E-state index < -0.39 is 0 Å². The number of nitrogens with zero attached hydrogens (tertiary/aromatic N) is 1. The number of likely N-dealkylation sites (N-methyl/N-ethyl adjacent to an activating group) is 1. The van der Waals surface area contributed by atoms with Crippen molar-refractivity contribution in [2.45, 2.75) is 24.9 Å². The second kappa shape index (κ2) is 6.35. The molecule has 1 saturated carbocycles. The lowest BCUT2D eigenvalue weighted by molar-refractivity contribution is 0.143. The smallest absolute Gasteiger partial charge is 0.0597 e. The molecule has 0 aromatic carbocycles. The molecule has 4 nitrogen and oxygen atoms in total. The molecular formula is C10H22N2O2. The number of rotatable bonds is 8. The molecule has 0 aromatic rings. The molecule has 0 radical (unpaired) electrons. The minimum absolute atomic E-state index is 0.212. The van der Waals surface area contributed by atoms with Crippen LogP contribution in [0.4, 0.5) is 0 Å². The van der Waals surface area contributed by atoms with E-state index in [4.69, 9.17) is 9.84 Å². The van der Waals surface area contributed by atoms with Crippen LogP contribution in [0.5, 0.6) is 0 Å². The molecule has 1 aliphatic carbocycles. The van der Waals surface area contributed by atoms with Gasteiger partial charge < -0.3 is 20.1 Å². The van der Waals surface area contributed by atoms with E-state index in [2.05, 4.69) is 17.3 Å². The summed E-state index contributed by atoms with van der Waals surface area (Å²) in [5.41, 5.74) is 0. The van der Waals surface area contributed by atoms with Crippen LogP contribution in [0, 0.1) is 0 Å². The van der Waals surface area contributed by atoms with E-state index in [9.17, 15) is 0 Å². The molecule has 0 amide bonds. The lowest BCUT2D eigenvalue weighted by atomic mass is 10.3. The normalized spacial score (nSPS) is 18.9. The molecule has 0 saturated heterocycles. The first-order valence-corrected chi connectivity index (χ1v) is 5.30. The second-order valence-electron chi connectivity index (χ2n) is 4.08. The van der Waals surface area contributed by atoms with Gasteiger partial charge in [-0.2, -0.15) is 0 Å². The zero-order valence-corrected chi connectivity index (χ0v) is 9.20. The van der Waals surface area contributed by atoms with E-state index in [1.807, 2.05) is 0 Å². The van der Waals surface area contributed by atoms with Gasteiger partial charge in [0.15, 0.2) is 0 Å². The molecule has 2 N–H and O–H groups in total. The van der Waals surface area contributed by atoms with Gasteiger partial charge in [0.1, 0.15) is 0 Å². The van der Waals surface area contributed by atoms with Gasteiger partial charge >= 0.3 is 0 Å². The average Bonchev–Trinajstić information content (AvgIpc) is 2.97. The Morgan fingerprint density at radius 2 is 2.29 bits per heavy atom. The molecule has 1 fully saturated rings. The Kier molecular flexibility index (Phi) is 5.40. The van der Waals surface area contributed by atoms with Crippen LogP contribution in [-0.2, 0) is 4.74 Å². The van der Waals surface area contributed by atoms with Crippen molar-refractivity contribution in [3.05, 3.63) is 0 Å². The van der Waals surface area contributed by atoms with Crippen molar-refractivity contribution in [3.8, 4) is 0 Å². The minimum atomic E-state index is 0.212. The highest BCUT2D eigenvalue weighted by Gasteiger charge is 2.24. The van der Waals surface area contributed by atoms with Crippen molar-refractivity contribution in [1.82, 2.24) is 10.2 Å². The zero-order chi connectivity index (χ0) is 10.4. The summed E-state index contributed by atoms with van der Waals surface area (Å²) in [6, 6.07) is 0.868. The van der Waals surface area contributed by atoms with Gasteiger partial charge in [-0.05, 0) is 19.9 Å². The van der Waals surface area contributed by atoms with Crippen molar-refractivity contribution in [1.29, 1.82) is 0 Å². The van der Waals surface area contributed by atoms with Crippen LogP contribution in [0.15, 0.2) is 0 Å². The Labute approximate surface area is 86.2 Å². The largest absolute Gasteiger partial charge is 0.395 e. The van der Waals surface area contributed by atoms with Crippen LogP contribution in [-0.4, -0.2) is 62.6 Å². The van der Waals surface area contributed by atoms with Crippen molar-refractivity contribution < 1.29 is 9.84 Å². The summed E-state index contributed by atoms with van der Waals surface area (Å²) in [6.07, 6.45) is 2.52. The molecule has 1 rings (SSSR count). The summed E-state index contributed by atoms with van der Waals surface area (Å²) in [6.45, 7) is 2.77. The van der Waals surface area contributed by atoms with Crippen LogP contribution in [0.2, 0.25) is 0 Å². The molecule has 0 spiro atoms. The molecular weight excluding hydrogens is 180 g/mol. The first-order chi connectivity index (χ1) is 6.76. The summed E-state index contributed by atoms with van der Waals surface area (Å²) >= 11 is 0. The number of hydrogen-bond acceptors (Lipinski definition) is 4. The maximum absolute atomic E-state index is 9.16. The van der Waals surface area contributed by atoms with Gasteiger partial charge in [0.2, 0.25) is 0 Å². The highest BCUT2D eigenvalue weighted by molar-refractivity contribution is 4.85. The van der Waals surface area contributed by atoms with E-state index in [0.29, 0.717) is 6.04 Å². The van der Waals surface area contributed by atoms with Gasteiger partial charge in [0, 0.05) is 32.3 Å². The van der Waals surface area contributed by atoms with Crippen LogP contribution in [0.1, 0.15) is 12.8 Å². The third kappa shape index (κ3) is 4.91. The van der Waals surface area contributed by atoms with Crippen molar-refractivity contribution >= 4 is 0 Å². The maximum Gasteiger partial charge on any atom is 0.0597 e. The Bertz CT molecular complexity index is 151. The SMILES string of the molecule is COCCN(C)CC(CO)NC1CC1. The number of nitrogens with one attached hydrogen (secondary N) is 1. The molecule has 14 heavy (non-hydrogen) atoms. The molecule has 0 aromatic heterocycles. The summed E-state index contributed by atoms with van der Waals surface area (Å²) in [5.74, 6) is 0. The fraction of sp³-hybridized carbons (Fsp3) is 1.00. The van der Waals surface area contributed by atoms with Gasteiger partial charge in [0.05, 0.1) is 13.2 Å². The third-order valence-electron chi connectivity index (χ3n) is 2.48. The predicted molar refractivity (Wildman–Crippen MR) is 56.4 cm³/mol. The second-order valence-corrected chi connectivity index (χ2v) is 4.08. The Morgan fingerprint density at radius 3 is 2.79 bits per heavy atom. The number of hydrogen-bond donors (Lipinski definition) is 2. The van der Waals surface area contributed by atoms with E-state index >= 15 is 0 Å². The van der Waals surface area contributed by atoms with Gasteiger partial charge in [-0.1, -0.05) is 0 Å². The minimum Gasteiger partial charge on any atom is -0.395 e. The summed E-state index contributed by atoms with van der Waals surface area (Å²) < 4.78 is 5.00. The Morgan fingerprint density at radius 1 is 1.57 bits per heavy atom. The average molecular weight is 202 g/mol. The third-order valence-corrected chi connectivity index (χ3v) is 2.48. The first-order valence-electron chi connectivity index (χ1n) is 5.30. The highest BCUT2D eigenvalue weighted by atomic mass is 16.5. The number of aliphatic hydroxyl groups is 1. The number of aliphatic hydroxyl groups excluding tert-OH is 1. The molecule has 0 heterocycles. The van der Waals surface area contributed by atoms with Crippen LogP contribution in [0.25, 0.3) is 0 Å². The molecule has 84 valence electrons. The molecule has 1 unspecified atom stereocenters. The number of methoxy groups -OCH3 is 1. The molecule has 1 aliphatic rings. The maximum atomic E-state index is 9.16. The van der Waals surface area contributed by atoms with Crippen LogP contribution < -0.4 is 5.32 Å². The quantitative estimate of drug-likeness (QED) is 0.566. The van der Waals surface area contributed by atoms with Gasteiger partial charge in [0.25, 0.3) is 0 Å². The van der Waals surface area contributed by atoms with Gasteiger partial charge in [-0.15, -0.1) is 0 Å². The first kappa shape index (κ1) is 11.9. The van der Waals surface area contributed by atoms with Gasteiger partial charge in [-0.3, -0.25) is 0 Å². The van der Waals surface area contributed by atoms with Crippen LogP contribution >= 0.6 is 0 Å². The molecule has 0 aliphatic heterocycles. The van der Waals surface area contributed by atoms with Crippen molar-refractivity contribution in [3.63, 3.8) is 0 Å². The zero-order valence-electron chi connectivity index (χ0n) is 9.20. The van der Waals surface area contributed by atoms with E-state index in [1.54, 1.807) is 7.11 Å². The fourth-order valence-corrected chi connectivity index (χ4v) is 1.46.